The van der Waals surface area contributed by atoms with Crippen molar-refractivity contribution in [2.45, 2.75) is 0 Å². The second kappa shape index (κ2) is 4.98. The van der Waals surface area contributed by atoms with Gasteiger partial charge in [-0.05, 0) is 42.5 Å². The number of aromatic nitrogens is 2. The van der Waals surface area contributed by atoms with Crippen molar-refractivity contribution < 1.29 is 4.74 Å². The molecule has 0 saturated heterocycles. The van der Waals surface area contributed by atoms with E-state index < -0.39 is 0 Å². The Bertz CT molecular complexity index is 657. The highest BCUT2D eigenvalue weighted by Gasteiger charge is 2.06. The molecular weight excluding hydrogens is 236 g/mol. The van der Waals surface area contributed by atoms with Crippen LogP contribution in [0.5, 0.6) is 5.75 Å². The maximum atomic E-state index is 5.18. The Morgan fingerprint density at radius 3 is 2.32 bits per heavy atom. The van der Waals surface area contributed by atoms with Gasteiger partial charge in [0.1, 0.15) is 5.75 Å². The summed E-state index contributed by atoms with van der Waals surface area (Å²) in [4.78, 5) is 0. The molecule has 0 aliphatic heterocycles. The highest BCUT2D eigenvalue weighted by Crippen LogP contribution is 2.24. The number of rotatable bonds is 3. The Morgan fingerprint density at radius 2 is 1.63 bits per heavy atom. The van der Waals surface area contributed by atoms with Crippen molar-refractivity contribution >= 4 is 0 Å². The molecule has 0 radical (unpaired) electrons. The molecule has 0 N–H and O–H groups in total. The number of benzene rings is 2. The van der Waals surface area contributed by atoms with Gasteiger partial charge in [0.2, 0.25) is 0 Å². The molecule has 3 rings (SSSR count). The van der Waals surface area contributed by atoms with Crippen LogP contribution in [0.1, 0.15) is 0 Å². The fourth-order valence-electron chi connectivity index (χ4n) is 2.06. The molecule has 0 unspecified atom stereocenters. The normalized spacial score (nSPS) is 10.4. The van der Waals surface area contributed by atoms with Crippen molar-refractivity contribution in [1.29, 1.82) is 0 Å². The van der Waals surface area contributed by atoms with Gasteiger partial charge in [0.25, 0.3) is 0 Å². The van der Waals surface area contributed by atoms with Crippen LogP contribution in [0.3, 0.4) is 0 Å². The van der Waals surface area contributed by atoms with Gasteiger partial charge in [0, 0.05) is 5.56 Å². The van der Waals surface area contributed by atoms with Crippen LogP contribution in [0.15, 0.2) is 66.9 Å². The summed E-state index contributed by atoms with van der Waals surface area (Å²) in [6.45, 7) is 0. The van der Waals surface area contributed by atoms with E-state index in [2.05, 4.69) is 5.10 Å². The third kappa shape index (κ3) is 2.22. The van der Waals surface area contributed by atoms with Crippen LogP contribution < -0.4 is 4.74 Å². The van der Waals surface area contributed by atoms with Crippen molar-refractivity contribution in [3.05, 3.63) is 66.9 Å². The number of hydrogen-bond acceptors (Lipinski definition) is 2. The smallest absolute Gasteiger partial charge is 0.118 e. The van der Waals surface area contributed by atoms with Crippen molar-refractivity contribution in [2.24, 2.45) is 0 Å². The van der Waals surface area contributed by atoms with Gasteiger partial charge in [0.15, 0.2) is 0 Å². The van der Waals surface area contributed by atoms with Crippen LogP contribution in [-0.4, -0.2) is 16.9 Å². The summed E-state index contributed by atoms with van der Waals surface area (Å²) < 4.78 is 7.11. The van der Waals surface area contributed by atoms with Gasteiger partial charge in [-0.3, -0.25) is 0 Å². The van der Waals surface area contributed by atoms with E-state index in [-0.39, 0.29) is 0 Å². The SMILES string of the molecule is COc1ccc(-c2ccnn2-c2ccccc2)cc1. The molecule has 0 bridgehead atoms. The first kappa shape index (κ1) is 11.5. The van der Waals surface area contributed by atoms with Gasteiger partial charge in [-0.1, -0.05) is 18.2 Å². The van der Waals surface area contributed by atoms with E-state index in [9.17, 15) is 0 Å². The summed E-state index contributed by atoms with van der Waals surface area (Å²) in [5.74, 6) is 0.856. The van der Waals surface area contributed by atoms with Crippen LogP contribution in [0, 0.1) is 0 Å². The number of nitrogens with zero attached hydrogens (tertiary/aromatic N) is 2. The molecule has 1 aromatic heterocycles. The maximum absolute atomic E-state index is 5.18. The Balaban J connectivity index is 2.04. The lowest BCUT2D eigenvalue weighted by Gasteiger charge is -2.08. The maximum Gasteiger partial charge on any atom is 0.118 e. The summed E-state index contributed by atoms with van der Waals surface area (Å²) in [6, 6.07) is 20.1. The molecule has 2 aromatic carbocycles. The molecule has 0 aliphatic carbocycles. The quantitative estimate of drug-likeness (QED) is 0.710. The van der Waals surface area contributed by atoms with E-state index in [0.29, 0.717) is 0 Å². The van der Waals surface area contributed by atoms with Gasteiger partial charge >= 0.3 is 0 Å². The molecule has 0 atom stereocenters. The summed E-state index contributed by atoms with van der Waals surface area (Å²) in [7, 11) is 1.67. The Morgan fingerprint density at radius 1 is 0.895 bits per heavy atom. The predicted octanol–water partition coefficient (Wildman–Crippen LogP) is 3.55. The van der Waals surface area contributed by atoms with E-state index in [1.54, 1.807) is 7.11 Å². The van der Waals surface area contributed by atoms with Crippen molar-refractivity contribution in [2.75, 3.05) is 7.11 Å². The first-order valence-corrected chi connectivity index (χ1v) is 6.12. The van der Waals surface area contributed by atoms with Crippen molar-refractivity contribution in [3.8, 4) is 22.7 Å². The molecular formula is C16H14N2O. The minimum Gasteiger partial charge on any atom is -0.497 e. The lowest BCUT2D eigenvalue weighted by atomic mass is 10.1. The van der Waals surface area contributed by atoms with Crippen LogP contribution in [-0.2, 0) is 0 Å². The number of para-hydroxylation sites is 1. The van der Waals surface area contributed by atoms with Gasteiger partial charge in [0.05, 0.1) is 24.7 Å². The topological polar surface area (TPSA) is 27.1 Å². The molecule has 3 heteroatoms. The zero-order chi connectivity index (χ0) is 13.1. The average Bonchev–Trinajstić information content (AvgIpc) is 2.98. The highest BCUT2D eigenvalue weighted by atomic mass is 16.5. The van der Waals surface area contributed by atoms with E-state index in [1.807, 2.05) is 71.5 Å². The van der Waals surface area contributed by atoms with E-state index in [1.165, 1.54) is 0 Å². The Hall–Kier alpha value is -2.55. The van der Waals surface area contributed by atoms with E-state index in [0.717, 1.165) is 22.7 Å². The van der Waals surface area contributed by atoms with Crippen LogP contribution >= 0.6 is 0 Å². The molecule has 0 amide bonds. The third-order valence-electron chi connectivity index (χ3n) is 3.03. The number of hydrogen-bond donors (Lipinski definition) is 0. The molecule has 3 nitrogen and oxygen atoms in total. The summed E-state index contributed by atoms with van der Waals surface area (Å²) in [5.41, 5.74) is 3.23. The molecule has 0 fully saturated rings. The summed E-state index contributed by atoms with van der Waals surface area (Å²) in [6.07, 6.45) is 1.81. The molecule has 19 heavy (non-hydrogen) atoms. The second-order valence-corrected chi connectivity index (χ2v) is 4.19. The van der Waals surface area contributed by atoms with Crippen molar-refractivity contribution in [1.82, 2.24) is 9.78 Å². The number of methoxy groups -OCH3 is 1. The molecule has 0 saturated carbocycles. The van der Waals surface area contributed by atoms with Crippen molar-refractivity contribution in [3.63, 3.8) is 0 Å². The van der Waals surface area contributed by atoms with E-state index in [4.69, 9.17) is 4.74 Å². The Kier molecular flexibility index (Phi) is 3.02. The third-order valence-corrected chi connectivity index (χ3v) is 3.03. The first-order valence-electron chi connectivity index (χ1n) is 6.12. The highest BCUT2D eigenvalue weighted by molar-refractivity contribution is 5.62. The van der Waals surface area contributed by atoms with Gasteiger partial charge < -0.3 is 4.74 Å². The average molecular weight is 250 g/mol. The zero-order valence-electron chi connectivity index (χ0n) is 10.7. The fourth-order valence-corrected chi connectivity index (χ4v) is 2.06. The monoisotopic (exact) mass is 250 g/mol. The van der Waals surface area contributed by atoms with Gasteiger partial charge in [-0.15, -0.1) is 0 Å². The van der Waals surface area contributed by atoms with E-state index >= 15 is 0 Å². The lowest BCUT2D eigenvalue weighted by Crippen LogP contribution is -1.98. The van der Waals surface area contributed by atoms with Gasteiger partial charge in [-0.2, -0.15) is 5.10 Å². The lowest BCUT2D eigenvalue weighted by molar-refractivity contribution is 0.415. The molecule has 1 heterocycles. The molecule has 0 aliphatic rings. The van der Waals surface area contributed by atoms with Crippen LogP contribution in [0.2, 0.25) is 0 Å². The summed E-state index contributed by atoms with van der Waals surface area (Å²) in [5, 5.41) is 4.39. The fraction of sp³-hybridized carbons (Fsp3) is 0.0625. The molecule has 0 spiro atoms. The first-order chi connectivity index (χ1) is 9.38. The molecule has 94 valence electrons. The minimum atomic E-state index is 0.856. The summed E-state index contributed by atoms with van der Waals surface area (Å²) >= 11 is 0. The minimum absolute atomic E-state index is 0.856. The molecule has 3 aromatic rings. The Labute approximate surface area is 112 Å². The van der Waals surface area contributed by atoms with Crippen LogP contribution in [0.4, 0.5) is 0 Å². The largest absolute Gasteiger partial charge is 0.497 e. The van der Waals surface area contributed by atoms with Gasteiger partial charge in [-0.25, -0.2) is 4.68 Å². The standard InChI is InChI=1S/C16H14N2O/c1-19-15-9-7-13(8-10-15)16-11-12-17-18(16)14-5-3-2-4-6-14/h2-12H,1H3. The van der Waals surface area contributed by atoms with Crippen LogP contribution in [0.25, 0.3) is 16.9 Å². The number of ether oxygens (including phenoxy) is 1. The predicted molar refractivity (Wildman–Crippen MR) is 75.6 cm³/mol. The zero-order valence-corrected chi connectivity index (χ0v) is 10.7. The second-order valence-electron chi connectivity index (χ2n) is 4.19.